The van der Waals surface area contributed by atoms with Crippen LogP contribution >= 0.6 is 11.6 Å². The fraction of sp³-hybridized carbons (Fsp3) is 0.278. The molecule has 0 aliphatic carbocycles. The van der Waals surface area contributed by atoms with E-state index in [2.05, 4.69) is 0 Å². The Labute approximate surface area is 158 Å². The van der Waals surface area contributed by atoms with E-state index in [9.17, 15) is 13.2 Å². The summed E-state index contributed by atoms with van der Waals surface area (Å²) in [6, 6.07) is 11.1. The van der Waals surface area contributed by atoms with Gasteiger partial charge in [-0.3, -0.25) is 0 Å². The lowest BCUT2D eigenvalue weighted by molar-refractivity contribution is 0.0469. The molecule has 26 heavy (non-hydrogen) atoms. The second kappa shape index (κ2) is 8.53. The van der Waals surface area contributed by atoms with Crippen molar-refractivity contribution < 1.29 is 22.7 Å². The van der Waals surface area contributed by atoms with Crippen molar-refractivity contribution in [1.29, 1.82) is 0 Å². The van der Waals surface area contributed by atoms with Gasteiger partial charge in [0.2, 0.25) is 10.0 Å². The number of esters is 1. The maximum atomic E-state index is 12.4. The van der Waals surface area contributed by atoms with Gasteiger partial charge in [0.15, 0.2) is 0 Å². The van der Waals surface area contributed by atoms with E-state index in [0.717, 1.165) is 4.31 Å². The zero-order chi connectivity index (χ0) is 19.3. The quantitative estimate of drug-likeness (QED) is 0.670. The third kappa shape index (κ3) is 4.55. The predicted molar refractivity (Wildman–Crippen MR) is 99.1 cm³/mol. The number of nitrogens with zero attached hydrogens (tertiary/aromatic N) is 1. The Kier molecular flexibility index (Phi) is 6.63. The average Bonchev–Trinajstić information content (AvgIpc) is 2.61. The molecule has 0 fully saturated rings. The summed E-state index contributed by atoms with van der Waals surface area (Å²) in [6.45, 7) is 2.33. The minimum atomic E-state index is -3.68. The summed E-state index contributed by atoms with van der Waals surface area (Å²) in [5, 5.41) is 0.116. The van der Waals surface area contributed by atoms with Crippen molar-refractivity contribution in [2.75, 3.05) is 20.7 Å². The first-order valence-electron chi connectivity index (χ1n) is 7.87. The van der Waals surface area contributed by atoms with Crippen molar-refractivity contribution in [3.05, 3.63) is 58.6 Å². The highest BCUT2D eigenvalue weighted by Gasteiger charge is 2.21. The van der Waals surface area contributed by atoms with Gasteiger partial charge in [-0.25, -0.2) is 17.5 Å². The number of ether oxygens (including phenoxy) is 2. The molecule has 2 aromatic carbocycles. The Hall–Kier alpha value is -2.09. The lowest BCUT2D eigenvalue weighted by Crippen LogP contribution is -2.22. The molecule has 0 heterocycles. The number of para-hydroxylation sites is 1. The fourth-order valence-electron chi connectivity index (χ4n) is 2.17. The third-order valence-electron chi connectivity index (χ3n) is 3.57. The number of hydrogen-bond donors (Lipinski definition) is 0. The first-order valence-corrected chi connectivity index (χ1v) is 9.69. The average molecular weight is 398 g/mol. The second-order valence-corrected chi connectivity index (χ2v) is 8.10. The van der Waals surface area contributed by atoms with Crippen LogP contribution in [0.5, 0.6) is 5.75 Å². The summed E-state index contributed by atoms with van der Waals surface area (Å²) in [4.78, 5) is 12.4. The van der Waals surface area contributed by atoms with Crippen molar-refractivity contribution in [3.63, 3.8) is 0 Å². The SMILES string of the molecule is CCOc1ccccc1COC(=O)c1cc(S(=O)(=O)N(C)C)ccc1Cl. The molecule has 0 atom stereocenters. The van der Waals surface area contributed by atoms with Crippen LogP contribution in [0.2, 0.25) is 5.02 Å². The normalized spacial score (nSPS) is 11.4. The summed E-state index contributed by atoms with van der Waals surface area (Å²) < 4.78 is 36.3. The zero-order valence-electron chi connectivity index (χ0n) is 14.7. The molecule has 2 rings (SSSR count). The van der Waals surface area contributed by atoms with Crippen LogP contribution in [0.3, 0.4) is 0 Å². The number of carbonyl (C=O) groups is 1. The van der Waals surface area contributed by atoms with Gasteiger partial charge in [-0.05, 0) is 31.2 Å². The largest absolute Gasteiger partial charge is 0.493 e. The number of benzene rings is 2. The number of hydrogen-bond acceptors (Lipinski definition) is 5. The molecule has 8 heteroatoms. The molecule has 0 aliphatic rings. The van der Waals surface area contributed by atoms with Crippen molar-refractivity contribution in [2.24, 2.45) is 0 Å². The molecule has 0 radical (unpaired) electrons. The number of rotatable bonds is 7. The summed E-state index contributed by atoms with van der Waals surface area (Å²) >= 11 is 6.05. The Morgan fingerprint density at radius 3 is 2.50 bits per heavy atom. The van der Waals surface area contributed by atoms with Crippen molar-refractivity contribution >= 4 is 27.6 Å². The van der Waals surface area contributed by atoms with Crippen LogP contribution in [0.4, 0.5) is 0 Å². The highest BCUT2D eigenvalue weighted by Crippen LogP contribution is 2.24. The van der Waals surface area contributed by atoms with E-state index in [1.165, 1.54) is 32.3 Å². The van der Waals surface area contributed by atoms with E-state index in [4.69, 9.17) is 21.1 Å². The molecule has 0 bridgehead atoms. The van der Waals surface area contributed by atoms with E-state index in [-0.39, 0.29) is 22.1 Å². The molecule has 0 spiro atoms. The van der Waals surface area contributed by atoms with Gasteiger partial charge < -0.3 is 9.47 Å². The van der Waals surface area contributed by atoms with E-state index in [1.54, 1.807) is 12.1 Å². The first-order chi connectivity index (χ1) is 12.3. The first kappa shape index (κ1) is 20.2. The van der Waals surface area contributed by atoms with Crippen LogP contribution in [-0.2, 0) is 21.4 Å². The van der Waals surface area contributed by atoms with Crippen LogP contribution in [0.1, 0.15) is 22.8 Å². The van der Waals surface area contributed by atoms with Crippen molar-refractivity contribution in [3.8, 4) is 5.75 Å². The minimum Gasteiger partial charge on any atom is -0.493 e. The number of sulfonamides is 1. The predicted octanol–water partition coefficient (Wildman–Crippen LogP) is 3.35. The Morgan fingerprint density at radius 1 is 1.15 bits per heavy atom. The van der Waals surface area contributed by atoms with E-state index < -0.39 is 16.0 Å². The highest BCUT2D eigenvalue weighted by molar-refractivity contribution is 7.89. The summed E-state index contributed by atoms with van der Waals surface area (Å²) in [5.41, 5.74) is 0.694. The van der Waals surface area contributed by atoms with Gasteiger partial charge in [0.1, 0.15) is 12.4 Å². The lowest BCUT2D eigenvalue weighted by atomic mass is 10.2. The molecule has 0 aromatic heterocycles. The molecule has 0 unspecified atom stereocenters. The molecule has 0 saturated heterocycles. The molecule has 2 aromatic rings. The van der Waals surface area contributed by atoms with Gasteiger partial charge in [-0.2, -0.15) is 0 Å². The molecule has 0 amide bonds. The van der Waals surface area contributed by atoms with E-state index >= 15 is 0 Å². The lowest BCUT2D eigenvalue weighted by Gasteiger charge is -2.13. The molecule has 140 valence electrons. The van der Waals surface area contributed by atoms with Crippen LogP contribution in [-0.4, -0.2) is 39.4 Å². The Bertz CT molecular complexity index is 896. The zero-order valence-corrected chi connectivity index (χ0v) is 16.3. The van der Waals surface area contributed by atoms with Crippen molar-refractivity contribution in [1.82, 2.24) is 4.31 Å². The summed E-state index contributed by atoms with van der Waals surface area (Å²) in [5.74, 6) is -0.0880. The highest BCUT2D eigenvalue weighted by atomic mass is 35.5. The van der Waals surface area contributed by atoms with Gasteiger partial charge in [0.05, 0.1) is 22.1 Å². The molecule has 6 nitrogen and oxygen atoms in total. The minimum absolute atomic E-state index is 0.0107. The van der Waals surface area contributed by atoms with Crippen LogP contribution < -0.4 is 4.74 Å². The van der Waals surface area contributed by atoms with Crippen molar-refractivity contribution in [2.45, 2.75) is 18.4 Å². The summed E-state index contributed by atoms with van der Waals surface area (Å²) in [6.07, 6.45) is 0. The second-order valence-electron chi connectivity index (χ2n) is 5.55. The van der Waals surface area contributed by atoms with E-state index in [1.807, 2.05) is 19.1 Å². The Morgan fingerprint density at radius 2 is 1.85 bits per heavy atom. The summed E-state index contributed by atoms with van der Waals surface area (Å²) in [7, 11) is -0.865. The van der Waals surface area contributed by atoms with E-state index in [0.29, 0.717) is 17.9 Å². The van der Waals surface area contributed by atoms with Gasteiger partial charge in [0.25, 0.3) is 0 Å². The van der Waals surface area contributed by atoms with Gasteiger partial charge in [0, 0.05) is 19.7 Å². The topological polar surface area (TPSA) is 72.9 Å². The number of halogens is 1. The smallest absolute Gasteiger partial charge is 0.340 e. The fourth-order valence-corrected chi connectivity index (χ4v) is 3.30. The Balaban J connectivity index is 2.23. The molecule has 0 aliphatic heterocycles. The molecule has 0 saturated carbocycles. The third-order valence-corrected chi connectivity index (χ3v) is 5.71. The molecular formula is C18H20ClNO5S. The van der Waals surface area contributed by atoms with Gasteiger partial charge >= 0.3 is 5.97 Å². The standard InChI is InChI=1S/C18H20ClNO5S/c1-4-24-17-8-6-5-7-13(17)12-25-18(21)15-11-14(9-10-16(15)19)26(22,23)20(2)3/h5-11H,4,12H2,1-3H3. The number of carbonyl (C=O) groups excluding carboxylic acids is 1. The van der Waals surface area contributed by atoms with Crippen LogP contribution in [0.15, 0.2) is 47.4 Å². The maximum absolute atomic E-state index is 12.4. The van der Waals surface area contributed by atoms with Gasteiger partial charge in [-0.15, -0.1) is 0 Å². The van der Waals surface area contributed by atoms with Gasteiger partial charge in [-0.1, -0.05) is 29.8 Å². The maximum Gasteiger partial charge on any atom is 0.340 e. The molecular weight excluding hydrogens is 378 g/mol. The monoisotopic (exact) mass is 397 g/mol. The van der Waals surface area contributed by atoms with Crippen LogP contribution in [0, 0.1) is 0 Å². The van der Waals surface area contributed by atoms with Crippen LogP contribution in [0.25, 0.3) is 0 Å². The molecule has 0 N–H and O–H groups in total.